The predicted molar refractivity (Wildman–Crippen MR) is 66.4 cm³/mol. The Hall–Kier alpha value is 0.220. The Bertz CT molecular complexity index is 402. The Morgan fingerprint density at radius 3 is 2.67 bits per heavy atom. The zero-order chi connectivity index (χ0) is 10.1. The summed E-state index contributed by atoms with van der Waals surface area (Å²) < 4.78 is 0. The topological polar surface area (TPSA) is 0 Å². The molecule has 5 saturated carbocycles. The molecule has 0 N–H and O–H groups in total. The highest BCUT2D eigenvalue weighted by molar-refractivity contribution is 7.96. The van der Waals surface area contributed by atoms with Gasteiger partial charge in [0.05, 0.1) is 0 Å². The number of thiol groups is 1. The molecule has 0 aromatic rings. The molecule has 1 spiro atoms. The fourth-order valence-electron chi connectivity index (χ4n) is 7.85. The zero-order valence-corrected chi connectivity index (χ0v) is 10.4. The van der Waals surface area contributed by atoms with Crippen molar-refractivity contribution in [3.63, 3.8) is 0 Å². The van der Waals surface area contributed by atoms with Gasteiger partial charge in [0, 0.05) is 0 Å². The van der Waals surface area contributed by atoms with Crippen molar-refractivity contribution in [1.29, 1.82) is 0 Å². The second-order valence-corrected chi connectivity index (χ2v) is 8.06. The van der Waals surface area contributed by atoms with E-state index in [9.17, 15) is 0 Å². The summed E-state index contributed by atoms with van der Waals surface area (Å²) in [4.78, 5) is 0. The van der Waals surface area contributed by atoms with Gasteiger partial charge < -0.3 is 0 Å². The number of fused-ring (bicyclic) bond motifs is 1. The molecule has 0 bridgehead atoms. The van der Waals surface area contributed by atoms with E-state index < -0.39 is 0 Å². The van der Waals surface area contributed by atoms with Crippen molar-refractivity contribution in [2.75, 3.05) is 5.75 Å². The highest BCUT2D eigenvalue weighted by Gasteiger charge is 2.95. The van der Waals surface area contributed by atoms with Gasteiger partial charge in [-0.25, -0.2) is 11.4 Å². The summed E-state index contributed by atoms with van der Waals surface area (Å²) in [5.41, 5.74) is 2.53. The lowest BCUT2D eigenvalue weighted by Gasteiger charge is -2.90. The molecule has 5 fully saturated rings. The van der Waals surface area contributed by atoms with E-state index in [1.54, 1.807) is 25.7 Å². The van der Waals surface area contributed by atoms with Crippen LogP contribution in [0.2, 0.25) is 0 Å². The Labute approximate surface area is 95.8 Å². The first-order valence-electron chi connectivity index (χ1n) is 6.63. The molecular formula is C14H20S. The molecule has 15 heavy (non-hydrogen) atoms. The van der Waals surface area contributed by atoms with Gasteiger partial charge in [-0.3, -0.25) is 0 Å². The van der Waals surface area contributed by atoms with Gasteiger partial charge in [-0.05, 0) is 71.4 Å². The lowest BCUT2D eigenvalue weighted by atomic mass is 9.14. The molecule has 6 unspecified atom stereocenters. The minimum Gasteiger partial charge on any atom is -0.207 e. The van der Waals surface area contributed by atoms with Gasteiger partial charge in [0.15, 0.2) is 0 Å². The molecule has 82 valence electrons. The van der Waals surface area contributed by atoms with Crippen LogP contribution >= 0.6 is 11.4 Å². The van der Waals surface area contributed by atoms with Crippen LogP contribution in [0.4, 0.5) is 0 Å². The molecule has 0 radical (unpaired) electrons. The summed E-state index contributed by atoms with van der Waals surface area (Å²) in [6.07, 6.45) is 6.40. The largest absolute Gasteiger partial charge is 0.207 e. The van der Waals surface area contributed by atoms with E-state index in [1.165, 1.54) is 28.9 Å². The van der Waals surface area contributed by atoms with Crippen LogP contribution in [0.1, 0.15) is 32.6 Å². The Kier molecular flexibility index (Phi) is 1.05. The van der Waals surface area contributed by atoms with Gasteiger partial charge in [0.1, 0.15) is 0 Å². The first kappa shape index (κ1) is 8.33. The van der Waals surface area contributed by atoms with E-state index >= 15 is 0 Å². The highest BCUT2D eigenvalue weighted by atomic mass is 32.1. The smallest absolute Gasteiger partial charge is 0.00880 e. The first-order chi connectivity index (χ1) is 7.21. The average Bonchev–Trinajstić information content (AvgIpc) is 2.35. The molecule has 7 atom stereocenters. The van der Waals surface area contributed by atoms with Gasteiger partial charge in [0.25, 0.3) is 0 Å². The fourth-order valence-corrected chi connectivity index (χ4v) is 8.80. The normalized spacial score (nSPS) is 75.5. The molecule has 0 saturated heterocycles. The SMILES string of the molecule is C=[SH]C[C@@]12CC3CC4C5CC(C1)C52C34C. The predicted octanol–water partition coefficient (Wildman–Crippen LogP) is 2.96. The van der Waals surface area contributed by atoms with E-state index in [2.05, 4.69) is 12.8 Å². The van der Waals surface area contributed by atoms with Crippen LogP contribution in [0.15, 0.2) is 0 Å². The minimum atomic E-state index is 0.802. The standard InChI is InChI=1S/C14H20S/c1-12-8-3-10(12)11-4-9-6-13(5-8,7-15-2)14(9,11)12/h8-11,15H,2-7H2,1H3/t8?,9?,10?,11?,12?,13-,14?/m1/s1. The molecule has 5 rings (SSSR count). The summed E-state index contributed by atoms with van der Waals surface area (Å²) in [6, 6.07) is 0. The second-order valence-electron chi connectivity index (χ2n) is 7.30. The molecule has 0 aromatic carbocycles. The van der Waals surface area contributed by atoms with Crippen LogP contribution in [0.25, 0.3) is 0 Å². The second kappa shape index (κ2) is 1.89. The van der Waals surface area contributed by atoms with Crippen LogP contribution in [-0.2, 0) is 0 Å². The summed E-state index contributed by atoms with van der Waals surface area (Å²) in [6.45, 7) is 2.66. The van der Waals surface area contributed by atoms with Crippen molar-refractivity contribution in [2.24, 2.45) is 39.9 Å². The maximum Gasteiger partial charge on any atom is -0.00880 e. The van der Waals surface area contributed by atoms with Crippen LogP contribution in [0.5, 0.6) is 0 Å². The van der Waals surface area contributed by atoms with E-state index in [0.29, 0.717) is 0 Å². The molecule has 0 heterocycles. The van der Waals surface area contributed by atoms with E-state index in [4.69, 9.17) is 0 Å². The van der Waals surface area contributed by atoms with Crippen LogP contribution < -0.4 is 0 Å². The first-order valence-corrected chi connectivity index (χ1v) is 7.90. The van der Waals surface area contributed by atoms with Crippen LogP contribution in [0.3, 0.4) is 0 Å². The summed E-state index contributed by atoms with van der Waals surface area (Å²) in [5.74, 6) is 10.2. The average molecular weight is 220 g/mol. The third-order valence-electron chi connectivity index (χ3n) is 7.87. The Morgan fingerprint density at radius 2 is 1.93 bits per heavy atom. The number of hydrogen-bond donors (Lipinski definition) is 1. The van der Waals surface area contributed by atoms with Crippen molar-refractivity contribution in [1.82, 2.24) is 0 Å². The summed E-state index contributed by atoms with van der Waals surface area (Å²) in [7, 11) is 0. The summed E-state index contributed by atoms with van der Waals surface area (Å²) >= 11 is 1.42. The lowest BCUT2D eigenvalue weighted by Crippen LogP contribution is -2.85. The molecule has 0 nitrogen and oxygen atoms in total. The molecule has 1 heteroatoms. The van der Waals surface area contributed by atoms with Crippen molar-refractivity contribution in [3.8, 4) is 0 Å². The van der Waals surface area contributed by atoms with Gasteiger partial charge in [-0.15, -0.1) is 0 Å². The number of rotatable bonds is 2. The Morgan fingerprint density at radius 1 is 1.20 bits per heavy atom. The fraction of sp³-hybridized carbons (Fsp3) is 0.929. The monoisotopic (exact) mass is 220 g/mol. The van der Waals surface area contributed by atoms with Crippen LogP contribution in [-0.4, -0.2) is 11.6 Å². The molecular weight excluding hydrogens is 200 g/mol. The molecule has 5 aliphatic rings. The quantitative estimate of drug-likeness (QED) is 0.537. The molecule has 5 aliphatic carbocycles. The van der Waals surface area contributed by atoms with Gasteiger partial charge in [-0.1, -0.05) is 12.8 Å². The van der Waals surface area contributed by atoms with Crippen molar-refractivity contribution in [3.05, 3.63) is 0 Å². The van der Waals surface area contributed by atoms with Crippen LogP contribution in [0, 0.1) is 39.9 Å². The zero-order valence-electron chi connectivity index (χ0n) is 9.50. The maximum atomic E-state index is 4.12. The maximum absolute atomic E-state index is 4.12. The molecule has 0 aromatic heterocycles. The number of hydrogen-bond acceptors (Lipinski definition) is 0. The highest BCUT2D eigenvalue weighted by Crippen LogP contribution is 3.00. The minimum absolute atomic E-state index is 0.802. The third-order valence-corrected chi connectivity index (χ3v) is 8.70. The van der Waals surface area contributed by atoms with Gasteiger partial charge >= 0.3 is 0 Å². The van der Waals surface area contributed by atoms with Crippen molar-refractivity contribution >= 4 is 17.2 Å². The van der Waals surface area contributed by atoms with Gasteiger partial charge in [0.2, 0.25) is 0 Å². The van der Waals surface area contributed by atoms with E-state index in [0.717, 1.165) is 28.1 Å². The Balaban J connectivity index is 1.71. The van der Waals surface area contributed by atoms with E-state index in [1.807, 2.05) is 0 Å². The van der Waals surface area contributed by atoms with E-state index in [-0.39, 0.29) is 0 Å². The lowest BCUT2D eigenvalue weighted by molar-refractivity contribution is -0.421. The van der Waals surface area contributed by atoms with Gasteiger partial charge in [-0.2, -0.15) is 0 Å². The molecule has 0 amide bonds. The van der Waals surface area contributed by atoms with Crippen molar-refractivity contribution < 1.29 is 0 Å². The van der Waals surface area contributed by atoms with Crippen molar-refractivity contribution in [2.45, 2.75) is 32.6 Å². The molecule has 0 aliphatic heterocycles. The summed E-state index contributed by atoms with van der Waals surface area (Å²) in [5, 5.41) is 0. The third kappa shape index (κ3) is 0.456.